The molecule has 2 aromatic rings. The molecule has 10 nitrogen and oxygen atoms in total. The van der Waals surface area contributed by atoms with Crippen LogP contribution in [0.25, 0.3) is 0 Å². The van der Waals surface area contributed by atoms with Crippen LogP contribution in [0.15, 0.2) is 36.4 Å². The third-order valence-electron chi connectivity index (χ3n) is 10.5. The molecule has 0 aromatic heterocycles. The molecule has 4 N–H and O–H groups in total. The number of nitrogen functional groups attached to an aromatic ring is 1. The Labute approximate surface area is 276 Å². The first-order valence-corrected chi connectivity index (χ1v) is 17.3. The van der Waals surface area contributed by atoms with E-state index in [2.05, 4.69) is 10.6 Å². The predicted octanol–water partition coefficient (Wildman–Crippen LogP) is 5.07. The van der Waals surface area contributed by atoms with Crippen molar-refractivity contribution in [1.82, 2.24) is 20.0 Å². The minimum Gasteiger partial charge on any atom is -0.436 e. The molecule has 1 atom stereocenters. The van der Waals surface area contributed by atoms with Gasteiger partial charge < -0.3 is 35.8 Å². The predicted molar refractivity (Wildman–Crippen MR) is 180 cm³/mol. The first kappa shape index (κ1) is 32.4. The summed E-state index contributed by atoms with van der Waals surface area (Å²) in [6.07, 6.45) is 5.20. The van der Waals surface area contributed by atoms with Gasteiger partial charge in [-0.2, -0.15) is 0 Å². The quantitative estimate of drug-likeness (QED) is 0.376. The van der Waals surface area contributed by atoms with Gasteiger partial charge in [-0.05, 0) is 106 Å². The molecule has 4 heterocycles. The minimum atomic E-state index is -0.963. The molecule has 3 saturated heterocycles. The summed E-state index contributed by atoms with van der Waals surface area (Å²) in [5.74, 6) is 1.19. The number of piperidine rings is 3. The normalized spacial score (nSPS) is 20.9. The van der Waals surface area contributed by atoms with Crippen LogP contribution < -0.4 is 16.4 Å². The average molecular weight is 651 g/mol. The molecule has 4 aliphatic rings. The van der Waals surface area contributed by atoms with Crippen LogP contribution in [0.3, 0.4) is 0 Å². The van der Waals surface area contributed by atoms with Gasteiger partial charge in [0.25, 0.3) is 5.91 Å². The summed E-state index contributed by atoms with van der Waals surface area (Å²) >= 11 is 6.40. The second-order valence-corrected chi connectivity index (χ2v) is 13.8. The number of carbonyl (C=O) groups is 3. The fraction of sp³-hybridized carbons (Fsp3) is 0.571. The molecular weight excluding hydrogens is 604 g/mol. The fourth-order valence-corrected chi connectivity index (χ4v) is 8.03. The molecule has 248 valence electrons. The Balaban J connectivity index is 1.09. The Bertz CT molecular complexity index is 1390. The van der Waals surface area contributed by atoms with Gasteiger partial charge in [0.05, 0.1) is 10.7 Å². The molecule has 4 aliphatic heterocycles. The van der Waals surface area contributed by atoms with Crippen LogP contribution >= 0.6 is 11.6 Å². The molecule has 0 spiro atoms. The van der Waals surface area contributed by atoms with Gasteiger partial charge in [0.2, 0.25) is 0 Å². The standard InChI is InChI=1S/C35H47ClN6O4/c1-23-20-24(21-29(36)32(23)37)22-31(33(43)40-15-8-26(9-16-40)25-6-13-38-14-7-25)46-35(45)41-17-11-28(12-18-41)42-19-10-27-4-2-3-5-30(27)39-34(42)44/h2-5,20-21,25-26,28,31,38H,6-19,22,37H2,1H3,(H,39,44)/t31-/m1/s1. The summed E-state index contributed by atoms with van der Waals surface area (Å²) in [6, 6.07) is 11.5. The van der Waals surface area contributed by atoms with Crippen LogP contribution in [-0.4, -0.2) is 90.7 Å². The zero-order valence-electron chi connectivity index (χ0n) is 26.8. The number of benzene rings is 2. The van der Waals surface area contributed by atoms with Gasteiger partial charge in [-0.15, -0.1) is 0 Å². The fourth-order valence-electron chi connectivity index (χ4n) is 7.74. The molecule has 0 radical (unpaired) electrons. The van der Waals surface area contributed by atoms with Crippen LogP contribution in [0.5, 0.6) is 0 Å². The number of hydrogen-bond donors (Lipinski definition) is 3. The SMILES string of the molecule is Cc1cc(C[C@@H](OC(=O)N2CCC(N3CCc4ccccc4NC3=O)CC2)C(=O)N2CCC(C3CCNCC3)CC2)cc(Cl)c1N. The van der Waals surface area contributed by atoms with Crippen molar-refractivity contribution in [3.8, 4) is 0 Å². The largest absolute Gasteiger partial charge is 0.436 e. The zero-order chi connectivity index (χ0) is 32.2. The number of fused-ring (bicyclic) bond motifs is 1. The van der Waals surface area contributed by atoms with E-state index in [9.17, 15) is 14.4 Å². The maximum Gasteiger partial charge on any atom is 0.410 e. The highest BCUT2D eigenvalue weighted by atomic mass is 35.5. The van der Waals surface area contributed by atoms with Gasteiger partial charge in [-0.25, -0.2) is 9.59 Å². The highest BCUT2D eigenvalue weighted by Crippen LogP contribution is 2.32. The van der Waals surface area contributed by atoms with Crippen LogP contribution in [0, 0.1) is 18.8 Å². The number of likely N-dealkylation sites (tertiary alicyclic amines) is 2. The molecule has 3 fully saturated rings. The number of para-hydroxylation sites is 1. The van der Waals surface area contributed by atoms with Crippen LogP contribution in [0.4, 0.5) is 21.0 Å². The molecule has 0 aliphatic carbocycles. The number of anilines is 2. The maximum atomic E-state index is 14.0. The summed E-state index contributed by atoms with van der Waals surface area (Å²) < 4.78 is 6.05. The highest BCUT2D eigenvalue weighted by Gasteiger charge is 2.36. The number of amides is 4. The Hall–Kier alpha value is -3.50. The second-order valence-electron chi connectivity index (χ2n) is 13.4. The molecule has 4 amide bonds. The second kappa shape index (κ2) is 14.5. The van der Waals surface area contributed by atoms with Crippen molar-refractivity contribution in [3.05, 3.63) is 58.1 Å². The number of urea groups is 1. The van der Waals surface area contributed by atoms with Crippen LogP contribution in [0.1, 0.15) is 55.2 Å². The molecule has 46 heavy (non-hydrogen) atoms. The maximum absolute atomic E-state index is 14.0. The number of carbonyl (C=O) groups excluding carboxylic acids is 3. The third kappa shape index (κ3) is 7.39. The van der Waals surface area contributed by atoms with Gasteiger partial charge in [-0.3, -0.25) is 4.79 Å². The van der Waals surface area contributed by atoms with Crippen molar-refractivity contribution in [3.63, 3.8) is 0 Å². The van der Waals surface area contributed by atoms with Gasteiger partial charge in [0.1, 0.15) is 0 Å². The van der Waals surface area contributed by atoms with Crippen molar-refractivity contribution in [2.45, 2.75) is 70.4 Å². The Morgan fingerprint density at radius 2 is 1.63 bits per heavy atom. The number of rotatable bonds is 6. The van der Waals surface area contributed by atoms with Crippen molar-refractivity contribution < 1.29 is 19.1 Å². The molecular formula is C35H47ClN6O4. The zero-order valence-corrected chi connectivity index (χ0v) is 27.6. The molecule has 2 aromatic carbocycles. The number of nitrogens with one attached hydrogen (secondary N) is 2. The van der Waals surface area contributed by atoms with E-state index in [-0.39, 0.29) is 24.4 Å². The average Bonchev–Trinajstić information content (AvgIpc) is 3.25. The number of ether oxygens (including phenoxy) is 1. The van der Waals surface area contributed by atoms with Crippen LogP contribution in [-0.2, 0) is 22.4 Å². The monoisotopic (exact) mass is 650 g/mol. The Kier molecular flexibility index (Phi) is 10.2. The van der Waals surface area contributed by atoms with Crippen molar-refractivity contribution >= 4 is 41.0 Å². The molecule has 0 saturated carbocycles. The first-order chi connectivity index (χ1) is 22.3. The van der Waals surface area contributed by atoms with E-state index in [0.717, 1.165) is 54.7 Å². The van der Waals surface area contributed by atoms with Crippen LogP contribution in [0.2, 0.25) is 5.02 Å². The summed E-state index contributed by atoms with van der Waals surface area (Å²) in [5, 5.41) is 6.93. The lowest BCUT2D eigenvalue weighted by atomic mass is 9.79. The summed E-state index contributed by atoms with van der Waals surface area (Å²) in [7, 11) is 0. The lowest BCUT2D eigenvalue weighted by molar-refractivity contribution is -0.142. The van der Waals surface area contributed by atoms with Crippen molar-refractivity contribution in [2.75, 3.05) is 56.9 Å². The number of halogens is 1. The van der Waals surface area contributed by atoms with E-state index in [4.69, 9.17) is 22.1 Å². The number of nitrogens with zero attached hydrogens (tertiary/aromatic N) is 3. The lowest BCUT2D eigenvalue weighted by Crippen LogP contribution is -2.52. The molecule has 0 bridgehead atoms. The first-order valence-electron chi connectivity index (χ1n) is 16.9. The van der Waals surface area contributed by atoms with E-state index >= 15 is 0 Å². The lowest BCUT2D eigenvalue weighted by Gasteiger charge is -2.39. The van der Waals surface area contributed by atoms with Gasteiger partial charge in [0, 0.05) is 50.9 Å². The van der Waals surface area contributed by atoms with E-state index in [1.807, 2.05) is 47.1 Å². The number of nitrogens with two attached hydrogens (primary N) is 1. The third-order valence-corrected chi connectivity index (χ3v) is 10.9. The summed E-state index contributed by atoms with van der Waals surface area (Å²) in [6.45, 7) is 6.92. The number of hydrogen-bond acceptors (Lipinski definition) is 6. The van der Waals surface area contributed by atoms with Gasteiger partial charge >= 0.3 is 12.1 Å². The van der Waals surface area contributed by atoms with Gasteiger partial charge in [-0.1, -0.05) is 35.9 Å². The minimum absolute atomic E-state index is 0.0249. The van der Waals surface area contributed by atoms with E-state index in [1.165, 1.54) is 12.8 Å². The van der Waals surface area contributed by atoms with E-state index < -0.39 is 12.2 Å². The van der Waals surface area contributed by atoms with Crippen molar-refractivity contribution in [2.24, 2.45) is 11.8 Å². The Morgan fingerprint density at radius 3 is 2.35 bits per heavy atom. The topological polar surface area (TPSA) is 120 Å². The summed E-state index contributed by atoms with van der Waals surface area (Å²) in [5.41, 5.74) is 10.2. The molecule has 0 unspecified atom stereocenters. The molecule has 11 heteroatoms. The smallest absolute Gasteiger partial charge is 0.410 e. The molecule has 6 rings (SSSR count). The van der Waals surface area contributed by atoms with Crippen molar-refractivity contribution in [1.29, 1.82) is 0 Å². The van der Waals surface area contributed by atoms with E-state index in [0.29, 0.717) is 68.1 Å². The van der Waals surface area contributed by atoms with E-state index in [1.54, 1.807) is 11.0 Å². The highest BCUT2D eigenvalue weighted by molar-refractivity contribution is 6.33. The number of aryl methyl sites for hydroxylation is 1. The van der Waals surface area contributed by atoms with Gasteiger partial charge in [0.15, 0.2) is 6.10 Å². The summed E-state index contributed by atoms with van der Waals surface area (Å²) in [4.78, 5) is 46.1. The Morgan fingerprint density at radius 1 is 0.957 bits per heavy atom.